The van der Waals surface area contributed by atoms with Gasteiger partial charge in [-0.2, -0.15) is 5.10 Å². The van der Waals surface area contributed by atoms with Gasteiger partial charge in [0.15, 0.2) is 0 Å². The molecule has 2 aromatic carbocycles. The predicted octanol–water partition coefficient (Wildman–Crippen LogP) is 1.72. The van der Waals surface area contributed by atoms with E-state index >= 15 is 0 Å². The molecule has 0 heterocycles. The largest absolute Gasteiger partial charge is 0.865 e. The molecule has 0 saturated carbocycles. The second-order valence-electron chi connectivity index (χ2n) is 5.72. The van der Waals surface area contributed by atoms with Gasteiger partial charge in [0.1, 0.15) is 5.75 Å². The van der Waals surface area contributed by atoms with Crippen LogP contribution in [0.15, 0.2) is 41.5 Å². The summed E-state index contributed by atoms with van der Waals surface area (Å²) in [6.45, 7) is 3.68. The second kappa shape index (κ2) is 9.83. The first-order chi connectivity index (χ1) is 13.9. The average Bonchev–Trinajstić information content (AvgIpc) is 2.70. The summed E-state index contributed by atoms with van der Waals surface area (Å²) in [5.74, 6) is -3.00. The van der Waals surface area contributed by atoms with E-state index < -0.39 is 28.2 Å². The summed E-state index contributed by atoms with van der Waals surface area (Å²) in [5.41, 5.74) is 2.88. The maximum absolute atomic E-state index is 12.0. The van der Waals surface area contributed by atoms with Crippen molar-refractivity contribution in [2.45, 2.75) is 20.3 Å². The molecule has 0 unspecified atom stereocenters. The molecule has 0 aromatic heterocycles. The van der Waals surface area contributed by atoms with Crippen LogP contribution in [0, 0.1) is 10.1 Å². The first-order valence-corrected chi connectivity index (χ1v) is 8.71. The third kappa shape index (κ3) is 5.51. The van der Waals surface area contributed by atoms with Crippen LogP contribution in [-0.2, 0) is 16.0 Å². The Morgan fingerprint density at radius 2 is 1.93 bits per heavy atom. The number of benzene rings is 2. The molecule has 29 heavy (non-hydrogen) atoms. The topological polar surface area (TPSA) is 146 Å². The number of anilines is 1. The van der Waals surface area contributed by atoms with Gasteiger partial charge in [0.25, 0.3) is 5.69 Å². The fraction of sp³-hybridized carbons (Fsp3) is 0.211. The number of amides is 2. The molecule has 0 saturated heterocycles. The van der Waals surface area contributed by atoms with Gasteiger partial charge in [-0.3, -0.25) is 19.7 Å². The van der Waals surface area contributed by atoms with Crippen LogP contribution in [0.3, 0.4) is 0 Å². The number of hydrazone groups is 1. The van der Waals surface area contributed by atoms with Crippen molar-refractivity contribution in [2.24, 2.45) is 5.10 Å². The lowest BCUT2D eigenvalue weighted by Crippen LogP contribution is -2.32. The minimum absolute atomic E-state index is 0.142. The van der Waals surface area contributed by atoms with E-state index in [2.05, 4.69) is 10.4 Å². The summed E-state index contributed by atoms with van der Waals surface area (Å²) in [6, 6.07) is 9.31. The Morgan fingerprint density at radius 1 is 1.21 bits per heavy atom. The van der Waals surface area contributed by atoms with Gasteiger partial charge in [0.2, 0.25) is 0 Å². The molecule has 0 aliphatic carbocycles. The van der Waals surface area contributed by atoms with Gasteiger partial charge in [0.05, 0.1) is 17.7 Å². The minimum atomic E-state index is -1.02. The molecule has 0 atom stereocenters. The van der Waals surface area contributed by atoms with Gasteiger partial charge in [0, 0.05) is 23.1 Å². The normalized spacial score (nSPS) is 10.6. The Morgan fingerprint density at radius 3 is 2.59 bits per heavy atom. The maximum atomic E-state index is 12.0. The van der Waals surface area contributed by atoms with Crippen LogP contribution < -0.4 is 20.6 Å². The van der Waals surface area contributed by atoms with Gasteiger partial charge in [-0.1, -0.05) is 25.1 Å². The molecule has 0 fully saturated rings. The highest BCUT2D eigenvalue weighted by molar-refractivity contribution is 6.39. The number of carbonyl (C=O) groups is 2. The van der Waals surface area contributed by atoms with Gasteiger partial charge in [-0.15, -0.1) is 0 Å². The second-order valence-corrected chi connectivity index (χ2v) is 5.72. The number of para-hydroxylation sites is 1. The lowest BCUT2D eigenvalue weighted by Gasteiger charge is -2.14. The first kappa shape index (κ1) is 21.4. The molecule has 2 amide bonds. The van der Waals surface area contributed by atoms with Crippen molar-refractivity contribution in [3.8, 4) is 11.5 Å². The molecule has 0 bridgehead atoms. The van der Waals surface area contributed by atoms with Crippen molar-refractivity contribution in [1.29, 1.82) is 0 Å². The number of hydrogen-bond acceptors (Lipinski definition) is 7. The molecule has 10 heteroatoms. The fourth-order valence-electron chi connectivity index (χ4n) is 2.43. The first-order valence-electron chi connectivity index (χ1n) is 8.71. The average molecular weight is 399 g/mol. The zero-order chi connectivity index (χ0) is 21.4. The number of ether oxygens (including phenoxy) is 1. The van der Waals surface area contributed by atoms with Crippen molar-refractivity contribution in [2.75, 3.05) is 11.9 Å². The third-order valence-electron chi connectivity index (χ3n) is 3.79. The van der Waals surface area contributed by atoms with E-state index in [1.807, 2.05) is 24.5 Å². The van der Waals surface area contributed by atoms with Crippen molar-refractivity contribution in [1.82, 2.24) is 5.43 Å². The summed E-state index contributed by atoms with van der Waals surface area (Å²) in [4.78, 5) is 34.1. The lowest BCUT2D eigenvalue weighted by atomic mass is 10.1. The molecule has 0 aliphatic heterocycles. The molecule has 152 valence electrons. The maximum Gasteiger partial charge on any atom is 0.329 e. The van der Waals surface area contributed by atoms with E-state index in [-0.39, 0.29) is 17.9 Å². The molecule has 0 radical (unpaired) electrons. The third-order valence-corrected chi connectivity index (χ3v) is 3.79. The van der Waals surface area contributed by atoms with Crippen LogP contribution in [0.1, 0.15) is 25.0 Å². The molecular weight excluding hydrogens is 380 g/mol. The molecule has 2 rings (SSSR count). The number of aryl methyl sites for hydroxylation is 1. The predicted molar refractivity (Wildman–Crippen MR) is 104 cm³/mol. The summed E-state index contributed by atoms with van der Waals surface area (Å²) < 4.78 is 5.09. The van der Waals surface area contributed by atoms with Crippen LogP contribution in [0.4, 0.5) is 11.4 Å². The van der Waals surface area contributed by atoms with Gasteiger partial charge < -0.3 is 15.2 Å². The smallest absolute Gasteiger partial charge is 0.329 e. The van der Waals surface area contributed by atoms with Crippen molar-refractivity contribution >= 4 is 29.4 Å². The number of carbonyl (C=O) groups excluding carboxylic acids is 2. The fourth-order valence-corrected chi connectivity index (χ4v) is 2.43. The monoisotopic (exact) mass is 399 g/mol. The van der Waals surface area contributed by atoms with Crippen LogP contribution >= 0.6 is 0 Å². The standard InChI is InChI=1S/C19H20N4O6/c1-3-13-7-5-6-8-14(13)21-18(25)19(26)22-20-11-12-9-15(23(27)28)17(24)16(10-12)29-4-2/h5-11,24H,3-4H2,1-2H3,(H,21,25)(H,22,26)/p-1/b20-11-. The SMILES string of the molecule is CCOc1cc(/C=N\NC(=O)C(=O)Nc2ccccc2CC)cc([N+](=O)[O-])c1[O-]. The number of nitrogens with one attached hydrogen (secondary N) is 2. The van der Waals surface area contributed by atoms with Gasteiger partial charge in [-0.25, -0.2) is 5.43 Å². The summed E-state index contributed by atoms with van der Waals surface area (Å²) in [6.07, 6.45) is 1.74. The van der Waals surface area contributed by atoms with E-state index in [0.29, 0.717) is 12.1 Å². The van der Waals surface area contributed by atoms with Crippen molar-refractivity contribution in [3.63, 3.8) is 0 Å². The van der Waals surface area contributed by atoms with E-state index in [1.165, 1.54) is 6.07 Å². The van der Waals surface area contributed by atoms with Gasteiger partial charge in [-0.05, 0) is 31.0 Å². The molecule has 2 aromatic rings. The van der Waals surface area contributed by atoms with Crippen molar-refractivity contribution < 1.29 is 24.4 Å². The van der Waals surface area contributed by atoms with Crippen LogP contribution in [0.2, 0.25) is 0 Å². The number of nitro groups is 1. The molecule has 10 nitrogen and oxygen atoms in total. The molecule has 0 aliphatic rings. The number of hydrogen-bond donors (Lipinski definition) is 2. The number of nitro benzene ring substituents is 1. The van der Waals surface area contributed by atoms with E-state index in [0.717, 1.165) is 17.8 Å². The van der Waals surface area contributed by atoms with Crippen LogP contribution in [0.5, 0.6) is 11.5 Å². The Bertz CT molecular complexity index is 958. The van der Waals surface area contributed by atoms with E-state index in [4.69, 9.17) is 4.74 Å². The Labute approximate surface area is 166 Å². The minimum Gasteiger partial charge on any atom is -0.865 e. The summed E-state index contributed by atoms with van der Waals surface area (Å²) in [7, 11) is 0. The lowest BCUT2D eigenvalue weighted by molar-refractivity contribution is -0.398. The van der Waals surface area contributed by atoms with Gasteiger partial charge >= 0.3 is 11.8 Å². The Hall–Kier alpha value is -3.95. The highest BCUT2D eigenvalue weighted by Gasteiger charge is 2.15. The zero-order valence-corrected chi connectivity index (χ0v) is 15.8. The number of nitrogens with zero attached hydrogens (tertiary/aromatic N) is 2. The number of rotatable bonds is 7. The summed E-state index contributed by atoms with van der Waals surface area (Å²) >= 11 is 0. The zero-order valence-electron chi connectivity index (χ0n) is 15.8. The van der Waals surface area contributed by atoms with E-state index in [1.54, 1.807) is 19.1 Å². The highest BCUT2D eigenvalue weighted by Crippen LogP contribution is 2.34. The summed E-state index contributed by atoms with van der Waals surface area (Å²) in [5, 5.41) is 29.0. The van der Waals surface area contributed by atoms with Crippen LogP contribution in [0.25, 0.3) is 0 Å². The molecule has 0 spiro atoms. The quantitative estimate of drug-likeness (QED) is 0.314. The molecular formula is C19H19N4O6-. The highest BCUT2D eigenvalue weighted by atomic mass is 16.6. The van der Waals surface area contributed by atoms with E-state index in [9.17, 15) is 24.8 Å². The van der Waals surface area contributed by atoms with Crippen molar-refractivity contribution in [3.05, 3.63) is 57.6 Å². The Kier molecular flexibility index (Phi) is 7.24. The van der Waals surface area contributed by atoms with Crippen LogP contribution in [-0.4, -0.2) is 29.6 Å². The molecule has 2 N–H and O–H groups in total. The Balaban J connectivity index is 2.09.